The minimum Gasteiger partial charge on any atom is -0.337 e. The highest BCUT2D eigenvalue weighted by molar-refractivity contribution is 5.80. The molecule has 1 unspecified atom stereocenters. The Morgan fingerprint density at radius 3 is 2.56 bits per heavy atom. The number of rotatable bonds is 5. The van der Waals surface area contributed by atoms with Gasteiger partial charge in [0.05, 0.1) is 0 Å². The average Bonchev–Trinajstić information content (AvgIpc) is 2.39. The molecule has 4 heteroatoms. The predicted octanol–water partition coefficient (Wildman–Crippen LogP) is 0.524. The lowest BCUT2D eigenvalue weighted by molar-refractivity contribution is -0.130. The van der Waals surface area contributed by atoms with Crippen LogP contribution in [0.15, 0.2) is 0 Å². The van der Waals surface area contributed by atoms with E-state index in [1.54, 1.807) is 0 Å². The van der Waals surface area contributed by atoms with Crippen molar-refractivity contribution < 1.29 is 4.79 Å². The van der Waals surface area contributed by atoms with Gasteiger partial charge in [-0.25, -0.2) is 0 Å². The summed E-state index contributed by atoms with van der Waals surface area (Å²) in [5, 5.41) is 0. The number of amides is 1. The highest BCUT2D eigenvalue weighted by atomic mass is 16.2. The van der Waals surface area contributed by atoms with Crippen molar-refractivity contribution in [1.29, 1.82) is 0 Å². The fraction of sp³-hybridized carbons (Fsp3) is 0.917. The van der Waals surface area contributed by atoms with Crippen molar-refractivity contribution in [2.24, 2.45) is 11.7 Å². The molecule has 0 aliphatic carbocycles. The van der Waals surface area contributed by atoms with Crippen molar-refractivity contribution in [2.75, 3.05) is 33.7 Å². The summed E-state index contributed by atoms with van der Waals surface area (Å²) in [6.45, 7) is 6.73. The highest BCUT2D eigenvalue weighted by Gasteiger charge is 2.44. The van der Waals surface area contributed by atoms with Gasteiger partial charge in [-0.15, -0.1) is 0 Å². The summed E-state index contributed by atoms with van der Waals surface area (Å²) in [6, 6.07) is 0. The molecule has 0 saturated carbocycles. The molecule has 94 valence electrons. The van der Waals surface area contributed by atoms with Crippen molar-refractivity contribution in [3.05, 3.63) is 0 Å². The summed E-state index contributed by atoms with van der Waals surface area (Å²) in [5.74, 6) is 0.568. The lowest BCUT2D eigenvalue weighted by Crippen LogP contribution is -2.46. The fourth-order valence-electron chi connectivity index (χ4n) is 2.44. The van der Waals surface area contributed by atoms with E-state index in [9.17, 15) is 4.79 Å². The monoisotopic (exact) mass is 227 g/mol. The van der Waals surface area contributed by atoms with Crippen molar-refractivity contribution in [3.63, 3.8) is 0 Å². The van der Waals surface area contributed by atoms with Crippen molar-refractivity contribution in [3.8, 4) is 0 Å². The second kappa shape index (κ2) is 5.15. The molecule has 1 saturated heterocycles. The summed E-state index contributed by atoms with van der Waals surface area (Å²) in [4.78, 5) is 16.0. The summed E-state index contributed by atoms with van der Waals surface area (Å²) in [6.07, 6.45) is 1.64. The van der Waals surface area contributed by atoms with Gasteiger partial charge in [0.15, 0.2) is 0 Å². The van der Waals surface area contributed by atoms with Gasteiger partial charge in [-0.2, -0.15) is 0 Å². The van der Waals surface area contributed by atoms with Crippen molar-refractivity contribution in [2.45, 2.75) is 32.2 Å². The number of hydrogen-bond acceptors (Lipinski definition) is 3. The summed E-state index contributed by atoms with van der Waals surface area (Å²) >= 11 is 0. The van der Waals surface area contributed by atoms with Crippen molar-refractivity contribution in [1.82, 2.24) is 9.80 Å². The fourth-order valence-corrected chi connectivity index (χ4v) is 2.44. The third-order valence-electron chi connectivity index (χ3n) is 3.69. The molecule has 0 aromatic carbocycles. The van der Waals surface area contributed by atoms with Crippen LogP contribution in [0.1, 0.15) is 26.7 Å². The van der Waals surface area contributed by atoms with Gasteiger partial charge >= 0.3 is 0 Å². The zero-order valence-corrected chi connectivity index (χ0v) is 11.0. The predicted molar refractivity (Wildman–Crippen MR) is 66.1 cm³/mol. The summed E-state index contributed by atoms with van der Waals surface area (Å²) in [7, 11) is 4.11. The van der Waals surface area contributed by atoms with E-state index in [2.05, 4.69) is 32.8 Å². The van der Waals surface area contributed by atoms with Crippen LogP contribution < -0.4 is 5.73 Å². The third kappa shape index (κ3) is 2.74. The SMILES string of the molecule is CN(C)CCCN1C(=O)CC(CN)C1(C)C. The molecule has 0 aromatic heterocycles. The van der Waals surface area contributed by atoms with E-state index in [0.717, 1.165) is 19.5 Å². The first kappa shape index (κ1) is 13.5. The number of nitrogens with two attached hydrogens (primary N) is 1. The third-order valence-corrected chi connectivity index (χ3v) is 3.69. The minimum absolute atomic E-state index is 0.0713. The number of nitrogens with zero attached hydrogens (tertiary/aromatic N) is 2. The van der Waals surface area contributed by atoms with Crippen LogP contribution in [-0.4, -0.2) is 55.0 Å². The van der Waals surface area contributed by atoms with Crippen LogP contribution in [0.4, 0.5) is 0 Å². The maximum atomic E-state index is 11.9. The Bertz CT molecular complexity index is 251. The molecule has 1 aliphatic rings. The lowest BCUT2D eigenvalue weighted by atomic mass is 9.88. The molecule has 0 bridgehead atoms. The first-order valence-electron chi connectivity index (χ1n) is 6.05. The van der Waals surface area contributed by atoms with Crippen LogP contribution in [-0.2, 0) is 4.79 Å². The molecule has 1 rings (SSSR count). The van der Waals surface area contributed by atoms with Crippen molar-refractivity contribution >= 4 is 5.91 Å². The molecule has 1 aliphatic heterocycles. The molecule has 0 spiro atoms. The Hall–Kier alpha value is -0.610. The van der Waals surface area contributed by atoms with Gasteiger partial charge in [-0.3, -0.25) is 4.79 Å². The van der Waals surface area contributed by atoms with Gasteiger partial charge < -0.3 is 15.5 Å². The molecule has 2 N–H and O–H groups in total. The average molecular weight is 227 g/mol. The Morgan fingerprint density at radius 1 is 1.50 bits per heavy atom. The Balaban J connectivity index is 2.55. The van der Waals surface area contributed by atoms with E-state index in [1.165, 1.54) is 0 Å². The van der Waals surface area contributed by atoms with Gasteiger partial charge in [0.2, 0.25) is 5.91 Å². The molecule has 1 fully saturated rings. The number of hydrogen-bond donors (Lipinski definition) is 1. The topological polar surface area (TPSA) is 49.6 Å². The number of carbonyl (C=O) groups excluding carboxylic acids is 1. The van der Waals surface area contributed by atoms with Gasteiger partial charge in [-0.05, 0) is 47.5 Å². The van der Waals surface area contributed by atoms with E-state index < -0.39 is 0 Å². The second-order valence-corrected chi connectivity index (χ2v) is 5.49. The molecule has 0 radical (unpaired) electrons. The quantitative estimate of drug-likeness (QED) is 0.745. The number of likely N-dealkylation sites (tertiary alicyclic amines) is 1. The summed E-state index contributed by atoms with van der Waals surface area (Å²) < 4.78 is 0. The molecule has 1 atom stereocenters. The maximum Gasteiger partial charge on any atom is 0.223 e. The second-order valence-electron chi connectivity index (χ2n) is 5.49. The first-order valence-corrected chi connectivity index (χ1v) is 6.05. The minimum atomic E-state index is -0.0713. The van der Waals surface area contributed by atoms with E-state index in [-0.39, 0.29) is 11.4 Å². The van der Waals surface area contributed by atoms with Crippen LogP contribution in [0.3, 0.4) is 0 Å². The van der Waals surface area contributed by atoms with Gasteiger partial charge in [-0.1, -0.05) is 0 Å². The Morgan fingerprint density at radius 2 is 2.12 bits per heavy atom. The summed E-state index contributed by atoms with van der Waals surface area (Å²) in [5.41, 5.74) is 5.65. The van der Waals surface area contributed by atoms with Crippen LogP contribution in [0.2, 0.25) is 0 Å². The molecule has 16 heavy (non-hydrogen) atoms. The van der Waals surface area contributed by atoms with E-state index >= 15 is 0 Å². The normalized spacial score (nSPS) is 24.5. The zero-order chi connectivity index (χ0) is 12.3. The van der Waals surface area contributed by atoms with Crippen LogP contribution in [0.25, 0.3) is 0 Å². The molecule has 4 nitrogen and oxygen atoms in total. The number of carbonyl (C=O) groups is 1. The molecular formula is C12H25N3O. The zero-order valence-electron chi connectivity index (χ0n) is 11.0. The largest absolute Gasteiger partial charge is 0.337 e. The van der Waals surface area contributed by atoms with Crippen LogP contribution >= 0.6 is 0 Å². The molecular weight excluding hydrogens is 202 g/mol. The van der Waals surface area contributed by atoms with Gasteiger partial charge in [0.25, 0.3) is 0 Å². The Kier molecular flexibility index (Phi) is 4.33. The standard InChI is InChI=1S/C12H25N3O/c1-12(2)10(9-13)8-11(16)15(12)7-5-6-14(3)4/h10H,5-9,13H2,1-4H3. The van der Waals surface area contributed by atoms with E-state index in [0.29, 0.717) is 18.9 Å². The van der Waals surface area contributed by atoms with Gasteiger partial charge in [0.1, 0.15) is 0 Å². The van der Waals surface area contributed by atoms with E-state index in [4.69, 9.17) is 5.73 Å². The van der Waals surface area contributed by atoms with E-state index in [1.807, 2.05) is 4.90 Å². The first-order chi connectivity index (χ1) is 7.39. The molecule has 1 heterocycles. The smallest absolute Gasteiger partial charge is 0.223 e. The van der Waals surface area contributed by atoms with Crippen LogP contribution in [0, 0.1) is 5.92 Å². The molecule has 0 aromatic rings. The van der Waals surface area contributed by atoms with Gasteiger partial charge in [0, 0.05) is 24.4 Å². The molecule has 1 amide bonds. The lowest BCUT2D eigenvalue weighted by Gasteiger charge is -2.35. The van der Waals surface area contributed by atoms with Crippen LogP contribution in [0.5, 0.6) is 0 Å². The highest BCUT2D eigenvalue weighted by Crippen LogP contribution is 2.34. The Labute approximate surface area is 98.8 Å². The maximum absolute atomic E-state index is 11.9.